The second kappa shape index (κ2) is 7.46. The average Bonchev–Trinajstić information content (AvgIpc) is 2.24. The molecule has 9 heteroatoms. The monoisotopic (exact) mass is 303 g/mol. The van der Waals surface area contributed by atoms with Gasteiger partial charge in [-0.2, -0.15) is 0 Å². The maximum atomic E-state index is 11.7. The number of carbonyl (C=O) groups is 4. The first-order valence-electron chi connectivity index (χ1n) is 6.20. The molecule has 21 heavy (non-hydrogen) atoms. The third-order valence-electron chi connectivity index (χ3n) is 2.05. The predicted octanol–water partition coefficient (Wildman–Crippen LogP) is -0.828. The first-order chi connectivity index (χ1) is 9.42. The summed E-state index contributed by atoms with van der Waals surface area (Å²) < 4.78 is 9.68. The Morgan fingerprint density at radius 2 is 1.67 bits per heavy atom. The summed E-state index contributed by atoms with van der Waals surface area (Å²) in [6, 6.07) is -1.09. The standard InChI is InChI=1S/C12H21N3O6/c1-6(15-11(19)21-12(2,3)4)10(18)20-7(9(14)17)5-8(13)16/h6-7H,5H2,1-4H3,(H2,13,16)(H2,14,17)(H,15,19)/t6?,7-/m0/s1. The molecule has 0 aromatic rings. The molecular weight excluding hydrogens is 282 g/mol. The van der Waals surface area contributed by atoms with Gasteiger partial charge >= 0.3 is 12.1 Å². The van der Waals surface area contributed by atoms with Gasteiger partial charge < -0.3 is 26.3 Å². The molecular formula is C12H21N3O6. The van der Waals surface area contributed by atoms with E-state index >= 15 is 0 Å². The molecule has 3 amide bonds. The summed E-state index contributed by atoms with van der Waals surface area (Å²) in [5.74, 6) is -2.79. The third kappa shape index (κ3) is 8.45. The number of hydrogen-bond donors (Lipinski definition) is 3. The number of alkyl carbamates (subject to hydrolysis) is 1. The fourth-order valence-electron chi connectivity index (χ4n) is 1.17. The van der Waals surface area contributed by atoms with Crippen LogP contribution >= 0.6 is 0 Å². The van der Waals surface area contributed by atoms with Gasteiger partial charge in [0.1, 0.15) is 11.6 Å². The molecule has 0 aromatic carbocycles. The van der Waals surface area contributed by atoms with Gasteiger partial charge in [0.15, 0.2) is 6.10 Å². The Hall–Kier alpha value is -2.32. The van der Waals surface area contributed by atoms with E-state index in [1.54, 1.807) is 20.8 Å². The summed E-state index contributed by atoms with van der Waals surface area (Å²) in [4.78, 5) is 44.9. The zero-order valence-corrected chi connectivity index (χ0v) is 12.5. The van der Waals surface area contributed by atoms with Crippen LogP contribution in [0.2, 0.25) is 0 Å². The van der Waals surface area contributed by atoms with E-state index in [1.807, 2.05) is 0 Å². The number of amides is 3. The molecule has 0 saturated carbocycles. The first kappa shape index (κ1) is 18.7. The van der Waals surface area contributed by atoms with Crippen molar-refractivity contribution in [2.75, 3.05) is 0 Å². The van der Waals surface area contributed by atoms with Crippen LogP contribution in [-0.2, 0) is 23.9 Å². The van der Waals surface area contributed by atoms with E-state index in [1.165, 1.54) is 6.92 Å². The van der Waals surface area contributed by atoms with Crippen molar-refractivity contribution in [2.45, 2.75) is 51.9 Å². The number of ether oxygens (including phenoxy) is 2. The van der Waals surface area contributed by atoms with Crippen molar-refractivity contribution in [1.29, 1.82) is 0 Å². The van der Waals surface area contributed by atoms with E-state index in [0.717, 1.165) is 0 Å². The molecule has 0 aromatic heterocycles. The van der Waals surface area contributed by atoms with Gasteiger partial charge in [-0.3, -0.25) is 9.59 Å². The molecule has 0 aliphatic heterocycles. The van der Waals surface area contributed by atoms with Crippen molar-refractivity contribution in [2.24, 2.45) is 11.5 Å². The molecule has 0 aliphatic carbocycles. The highest BCUT2D eigenvalue weighted by Gasteiger charge is 2.27. The lowest BCUT2D eigenvalue weighted by atomic mass is 10.2. The topological polar surface area (TPSA) is 151 Å². The van der Waals surface area contributed by atoms with Crippen LogP contribution in [0.3, 0.4) is 0 Å². The van der Waals surface area contributed by atoms with Crippen LogP contribution in [0.1, 0.15) is 34.1 Å². The number of esters is 1. The number of nitrogens with one attached hydrogen (secondary N) is 1. The maximum Gasteiger partial charge on any atom is 0.408 e. The van der Waals surface area contributed by atoms with E-state index in [4.69, 9.17) is 20.9 Å². The number of hydrogen-bond acceptors (Lipinski definition) is 6. The summed E-state index contributed by atoms with van der Waals surface area (Å²) in [5.41, 5.74) is 9.16. The van der Waals surface area contributed by atoms with Crippen molar-refractivity contribution < 1.29 is 28.7 Å². The minimum Gasteiger partial charge on any atom is -0.450 e. The Labute approximate surface area is 122 Å². The fourth-order valence-corrected chi connectivity index (χ4v) is 1.17. The predicted molar refractivity (Wildman–Crippen MR) is 71.7 cm³/mol. The number of nitrogens with two attached hydrogens (primary N) is 2. The molecule has 0 aliphatic rings. The van der Waals surface area contributed by atoms with Crippen LogP contribution in [0.25, 0.3) is 0 Å². The van der Waals surface area contributed by atoms with Gasteiger partial charge in [0.05, 0.1) is 6.42 Å². The first-order valence-corrected chi connectivity index (χ1v) is 6.20. The average molecular weight is 303 g/mol. The molecule has 9 nitrogen and oxygen atoms in total. The van der Waals surface area contributed by atoms with Crippen molar-refractivity contribution in [3.63, 3.8) is 0 Å². The third-order valence-corrected chi connectivity index (χ3v) is 2.05. The van der Waals surface area contributed by atoms with Crippen LogP contribution in [0.15, 0.2) is 0 Å². The van der Waals surface area contributed by atoms with Gasteiger partial charge in [-0.15, -0.1) is 0 Å². The van der Waals surface area contributed by atoms with E-state index in [2.05, 4.69) is 5.32 Å². The lowest BCUT2D eigenvalue weighted by Crippen LogP contribution is -2.45. The second-order valence-corrected chi connectivity index (χ2v) is 5.37. The quantitative estimate of drug-likeness (QED) is 0.545. The summed E-state index contributed by atoms with van der Waals surface area (Å²) >= 11 is 0. The normalized spacial score (nSPS) is 13.7. The van der Waals surface area contributed by atoms with Crippen molar-refractivity contribution in [3.8, 4) is 0 Å². The van der Waals surface area contributed by atoms with Gasteiger partial charge in [0.25, 0.3) is 5.91 Å². The smallest absolute Gasteiger partial charge is 0.408 e. The lowest BCUT2D eigenvalue weighted by molar-refractivity contribution is -0.157. The van der Waals surface area contributed by atoms with Crippen LogP contribution in [0.5, 0.6) is 0 Å². The van der Waals surface area contributed by atoms with Gasteiger partial charge in [-0.25, -0.2) is 9.59 Å². The molecule has 120 valence electrons. The molecule has 0 radical (unpaired) electrons. The number of carbonyl (C=O) groups excluding carboxylic acids is 4. The Morgan fingerprint density at radius 3 is 2.05 bits per heavy atom. The maximum absolute atomic E-state index is 11.7. The summed E-state index contributed by atoms with van der Waals surface area (Å²) in [5, 5.41) is 2.23. The largest absolute Gasteiger partial charge is 0.450 e. The van der Waals surface area contributed by atoms with Crippen molar-refractivity contribution in [3.05, 3.63) is 0 Å². The van der Waals surface area contributed by atoms with Crippen LogP contribution in [-0.4, -0.2) is 41.6 Å². The van der Waals surface area contributed by atoms with Gasteiger partial charge in [0, 0.05) is 0 Å². The molecule has 0 saturated heterocycles. The molecule has 0 spiro atoms. The Morgan fingerprint density at radius 1 is 1.14 bits per heavy atom. The van der Waals surface area contributed by atoms with Gasteiger partial charge in [-0.05, 0) is 27.7 Å². The van der Waals surface area contributed by atoms with E-state index in [0.29, 0.717) is 0 Å². The highest BCUT2D eigenvalue weighted by Crippen LogP contribution is 2.07. The summed E-state index contributed by atoms with van der Waals surface area (Å²) in [6.45, 7) is 6.30. The minimum atomic E-state index is -1.47. The SMILES string of the molecule is CC(NC(=O)OC(C)(C)C)C(=O)O[C@@H](CC(N)=O)C(N)=O. The highest BCUT2D eigenvalue weighted by molar-refractivity contribution is 5.89. The summed E-state index contributed by atoms with van der Waals surface area (Å²) in [6.07, 6.45) is -2.82. The molecule has 0 fully saturated rings. The summed E-state index contributed by atoms with van der Waals surface area (Å²) in [7, 11) is 0. The molecule has 0 bridgehead atoms. The molecule has 0 heterocycles. The van der Waals surface area contributed by atoms with Crippen LogP contribution in [0.4, 0.5) is 4.79 Å². The second-order valence-electron chi connectivity index (χ2n) is 5.37. The Kier molecular flexibility index (Phi) is 6.64. The molecule has 0 rings (SSSR count). The molecule has 5 N–H and O–H groups in total. The highest BCUT2D eigenvalue weighted by atomic mass is 16.6. The van der Waals surface area contributed by atoms with E-state index in [-0.39, 0.29) is 0 Å². The van der Waals surface area contributed by atoms with Crippen molar-refractivity contribution >= 4 is 23.9 Å². The zero-order chi connectivity index (χ0) is 16.8. The molecule has 2 atom stereocenters. The van der Waals surface area contributed by atoms with Crippen molar-refractivity contribution in [1.82, 2.24) is 5.32 Å². The molecule has 1 unspecified atom stereocenters. The van der Waals surface area contributed by atoms with E-state index in [9.17, 15) is 19.2 Å². The van der Waals surface area contributed by atoms with E-state index < -0.39 is 48.0 Å². The lowest BCUT2D eigenvalue weighted by Gasteiger charge is -2.22. The Balaban J connectivity index is 4.53. The fraction of sp³-hybridized carbons (Fsp3) is 0.667. The minimum absolute atomic E-state index is 0.528. The van der Waals surface area contributed by atoms with Gasteiger partial charge in [-0.1, -0.05) is 0 Å². The van der Waals surface area contributed by atoms with Gasteiger partial charge in [0.2, 0.25) is 5.91 Å². The van der Waals surface area contributed by atoms with Crippen LogP contribution in [0, 0.1) is 0 Å². The van der Waals surface area contributed by atoms with Crippen LogP contribution < -0.4 is 16.8 Å². The Bertz CT molecular complexity index is 429. The number of rotatable bonds is 6. The zero-order valence-electron chi connectivity index (χ0n) is 12.5. The number of primary amides is 2.